The fourth-order valence-electron chi connectivity index (χ4n) is 5.51. The van der Waals surface area contributed by atoms with E-state index in [1.807, 2.05) is 6.07 Å². The van der Waals surface area contributed by atoms with Crippen LogP contribution in [-0.4, -0.2) is 49.7 Å². The Kier molecular flexibility index (Phi) is 6.11. The summed E-state index contributed by atoms with van der Waals surface area (Å²) in [6.45, 7) is 6.05. The third-order valence-corrected chi connectivity index (χ3v) is 8.30. The number of hydrogen-bond acceptors (Lipinski definition) is 8. The van der Waals surface area contributed by atoms with Crippen molar-refractivity contribution in [2.45, 2.75) is 70.9 Å². The van der Waals surface area contributed by atoms with Crippen LogP contribution in [0.3, 0.4) is 0 Å². The summed E-state index contributed by atoms with van der Waals surface area (Å²) in [5.41, 5.74) is 8.72. The first-order chi connectivity index (χ1) is 15.8. The highest BCUT2D eigenvalue weighted by Gasteiger charge is 2.50. The molecule has 0 bridgehead atoms. The van der Waals surface area contributed by atoms with Crippen LogP contribution in [0.5, 0.6) is 0 Å². The molecule has 2 aliphatic carbocycles. The maximum Gasteiger partial charge on any atom is 0.251 e. The Morgan fingerprint density at radius 1 is 1.36 bits per heavy atom. The molecule has 4 aliphatic rings. The maximum absolute atomic E-state index is 12.3. The van der Waals surface area contributed by atoms with Crippen molar-refractivity contribution in [3.63, 3.8) is 0 Å². The monoisotopic (exact) mass is 473 g/mol. The van der Waals surface area contributed by atoms with Gasteiger partial charge in [-0.05, 0) is 62.3 Å². The number of carbonyl (C=O) groups excluding carboxylic acids is 1. The van der Waals surface area contributed by atoms with E-state index in [1.54, 1.807) is 18.4 Å². The lowest BCUT2D eigenvalue weighted by Crippen LogP contribution is -2.47. The van der Waals surface area contributed by atoms with Crippen LogP contribution in [0.1, 0.15) is 69.2 Å². The van der Waals surface area contributed by atoms with Gasteiger partial charge in [-0.15, -0.1) is 0 Å². The van der Waals surface area contributed by atoms with Crippen LogP contribution in [0.15, 0.2) is 16.3 Å². The Hall–Kier alpha value is -2.13. The number of rotatable bonds is 7. The molecule has 0 aromatic carbocycles. The highest BCUT2D eigenvalue weighted by Crippen LogP contribution is 2.48. The molecule has 1 amide bonds. The molecule has 0 radical (unpaired) electrons. The summed E-state index contributed by atoms with van der Waals surface area (Å²) in [7, 11) is 1.63. The lowest BCUT2D eigenvalue weighted by Gasteiger charge is -2.40. The Morgan fingerprint density at radius 3 is 2.79 bits per heavy atom. The third-order valence-electron chi connectivity index (χ3n) is 7.24. The number of hydrogen-bond donors (Lipinski definition) is 2. The molecule has 33 heavy (non-hydrogen) atoms. The quantitative estimate of drug-likeness (QED) is 0.577. The van der Waals surface area contributed by atoms with Crippen molar-refractivity contribution in [1.29, 1.82) is 0 Å². The molecule has 1 aromatic heterocycles. The van der Waals surface area contributed by atoms with Gasteiger partial charge in [-0.3, -0.25) is 9.80 Å². The Balaban J connectivity index is 1.49. The summed E-state index contributed by atoms with van der Waals surface area (Å²) in [6.07, 6.45) is 7.34. The van der Waals surface area contributed by atoms with Gasteiger partial charge >= 0.3 is 0 Å². The van der Waals surface area contributed by atoms with Gasteiger partial charge in [-0.25, -0.2) is 0 Å². The minimum Gasteiger partial charge on any atom is -0.399 e. The van der Waals surface area contributed by atoms with E-state index in [0.717, 1.165) is 66.9 Å². The van der Waals surface area contributed by atoms with Crippen LogP contribution < -0.4 is 16.1 Å². The SMILES string of the molecule is CO/N=C1\CC(C)(C)CC2C1C(CC1CC1)=NN2c1cc(C(N)=O)c(NC2CCOCC2)s1. The van der Waals surface area contributed by atoms with E-state index in [4.69, 9.17) is 20.4 Å². The zero-order chi connectivity index (χ0) is 23.2. The van der Waals surface area contributed by atoms with E-state index in [1.165, 1.54) is 18.6 Å². The lowest BCUT2D eigenvalue weighted by molar-refractivity contribution is 0.0905. The van der Waals surface area contributed by atoms with Crippen molar-refractivity contribution >= 4 is 38.7 Å². The predicted molar refractivity (Wildman–Crippen MR) is 132 cm³/mol. The highest BCUT2D eigenvalue weighted by molar-refractivity contribution is 7.20. The first kappa shape index (κ1) is 22.7. The van der Waals surface area contributed by atoms with Crippen molar-refractivity contribution in [1.82, 2.24) is 0 Å². The van der Waals surface area contributed by atoms with Crippen molar-refractivity contribution in [3.05, 3.63) is 11.6 Å². The van der Waals surface area contributed by atoms with E-state index in [9.17, 15) is 4.79 Å². The van der Waals surface area contributed by atoms with E-state index in [0.29, 0.717) is 5.56 Å². The summed E-state index contributed by atoms with van der Waals surface area (Å²) >= 11 is 1.58. The van der Waals surface area contributed by atoms with Gasteiger partial charge < -0.3 is 20.6 Å². The lowest BCUT2D eigenvalue weighted by atomic mass is 9.67. The van der Waals surface area contributed by atoms with Gasteiger partial charge in [0.15, 0.2) is 0 Å². The van der Waals surface area contributed by atoms with E-state index in [-0.39, 0.29) is 23.4 Å². The number of nitrogens with one attached hydrogen (secondary N) is 1. The summed E-state index contributed by atoms with van der Waals surface area (Å²) < 4.78 is 5.48. The number of fused-ring (bicyclic) bond motifs is 1. The van der Waals surface area contributed by atoms with Gasteiger partial charge in [0.25, 0.3) is 5.91 Å². The van der Waals surface area contributed by atoms with Gasteiger partial charge in [0.2, 0.25) is 0 Å². The summed E-state index contributed by atoms with van der Waals surface area (Å²) in [5.74, 6) is 0.499. The zero-order valence-corrected chi connectivity index (χ0v) is 20.6. The number of anilines is 2. The summed E-state index contributed by atoms with van der Waals surface area (Å²) in [6, 6.07) is 2.38. The number of thiophene rings is 1. The number of nitrogens with zero attached hydrogens (tertiary/aromatic N) is 3. The number of hydrazone groups is 1. The molecule has 1 aromatic rings. The van der Waals surface area contributed by atoms with E-state index >= 15 is 0 Å². The number of carbonyl (C=O) groups is 1. The second-order valence-corrected chi connectivity index (χ2v) is 11.7. The molecule has 8 nitrogen and oxygen atoms in total. The number of ether oxygens (including phenoxy) is 1. The first-order valence-corrected chi connectivity index (χ1v) is 12.9. The molecule has 1 saturated heterocycles. The average molecular weight is 474 g/mol. The van der Waals surface area contributed by atoms with Crippen molar-refractivity contribution in [3.8, 4) is 0 Å². The highest BCUT2D eigenvalue weighted by atomic mass is 32.1. The Morgan fingerprint density at radius 2 is 2.12 bits per heavy atom. The van der Waals surface area contributed by atoms with Crippen molar-refractivity contribution in [2.24, 2.45) is 33.2 Å². The molecule has 9 heteroatoms. The maximum atomic E-state index is 12.3. The normalized spacial score (nSPS) is 28.5. The van der Waals surface area contributed by atoms with Gasteiger partial charge in [0, 0.05) is 25.0 Å². The van der Waals surface area contributed by atoms with Crippen LogP contribution in [-0.2, 0) is 9.57 Å². The third kappa shape index (κ3) is 4.75. The molecule has 5 rings (SSSR count). The smallest absolute Gasteiger partial charge is 0.251 e. The van der Waals surface area contributed by atoms with Gasteiger partial charge in [-0.2, -0.15) is 5.10 Å². The first-order valence-electron chi connectivity index (χ1n) is 12.1. The number of amides is 1. The molecule has 3 heterocycles. The molecular weight excluding hydrogens is 438 g/mol. The molecular formula is C24H35N5O3S. The fraction of sp³-hybridized carbons (Fsp3) is 0.708. The van der Waals surface area contributed by atoms with Crippen molar-refractivity contribution < 1.29 is 14.4 Å². The second-order valence-electron chi connectivity index (χ2n) is 10.7. The van der Waals surface area contributed by atoms with E-state index in [2.05, 4.69) is 29.3 Å². The number of nitrogens with two attached hydrogens (primary N) is 1. The minimum atomic E-state index is -0.407. The molecule has 180 valence electrons. The predicted octanol–water partition coefficient (Wildman–Crippen LogP) is 4.22. The molecule has 2 atom stereocenters. The number of primary amides is 1. The Bertz CT molecular complexity index is 961. The van der Waals surface area contributed by atoms with E-state index < -0.39 is 5.91 Å². The molecule has 0 spiro atoms. The molecule has 3 N–H and O–H groups in total. The molecule has 2 aliphatic heterocycles. The largest absolute Gasteiger partial charge is 0.399 e. The van der Waals surface area contributed by atoms with Crippen LogP contribution >= 0.6 is 11.3 Å². The Labute approximate surface area is 199 Å². The number of oxime groups is 1. The fourth-order valence-corrected chi connectivity index (χ4v) is 6.66. The van der Waals surface area contributed by atoms with Gasteiger partial charge in [0.1, 0.15) is 17.1 Å². The molecule has 2 saturated carbocycles. The molecule has 3 fully saturated rings. The van der Waals surface area contributed by atoms with Crippen LogP contribution in [0.25, 0.3) is 0 Å². The zero-order valence-electron chi connectivity index (χ0n) is 19.8. The van der Waals surface area contributed by atoms with Crippen LogP contribution in [0.2, 0.25) is 0 Å². The topological polar surface area (TPSA) is 102 Å². The standard InChI is InChI=1S/C24H35N5O3S/c1-24(2)12-18(28-31-3)21-17(10-14-4-5-14)27-29(19(21)13-24)20-11-16(22(25)30)23(33-20)26-15-6-8-32-9-7-15/h11,14-15,19,21,26H,4-10,12-13H2,1-3H3,(H2,25,30)/b28-18+. The minimum absolute atomic E-state index is 0.0916. The summed E-state index contributed by atoms with van der Waals surface area (Å²) in [5, 5.41) is 17.2. The van der Waals surface area contributed by atoms with Crippen LogP contribution in [0.4, 0.5) is 10.0 Å². The second kappa shape index (κ2) is 8.91. The van der Waals surface area contributed by atoms with Crippen molar-refractivity contribution in [2.75, 3.05) is 30.6 Å². The van der Waals surface area contributed by atoms with Crippen LogP contribution in [0, 0.1) is 17.3 Å². The molecule has 2 unspecified atom stereocenters. The van der Waals surface area contributed by atoms with Gasteiger partial charge in [-0.1, -0.05) is 30.3 Å². The van der Waals surface area contributed by atoms with Gasteiger partial charge in [0.05, 0.1) is 23.2 Å². The summed E-state index contributed by atoms with van der Waals surface area (Å²) in [4.78, 5) is 17.6. The average Bonchev–Trinajstić information content (AvgIpc) is 3.37.